The molecule has 2 aliphatic heterocycles. The highest BCUT2D eigenvalue weighted by atomic mass is 32.2. The molecular weight excluding hydrogens is 492 g/mol. The van der Waals surface area contributed by atoms with E-state index in [0.717, 1.165) is 43.4 Å². The summed E-state index contributed by atoms with van der Waals surface area (Å²) in [4.78, 5) is 13.4. The first-order valence-corrected chi connectivity index (χ1v) is 14.7. The standard InChI is InChI=1S/C28H36N2O6S/c1-34-25-11-10-22(37(32,33)30-15-17-35-18-16-30)19-21(25)9-12-27(31)29-24-20-28(13-5-2-6-14-28)36-26-8-4-3-7-23(24)26/h3-4,7-8,10-11,19,24H,2,5-6,9,12-18,20H2,1H3,(H,29,31). The van der Waals surface area contributed by atoms with Crippen LogP contribution in [-0.2, 0) is 26.0 Å². The maximum atomic E-state index is 13.2. The van der Waals surface area contributed by atoms with Crippen LogP contribution in [0.3, 0.4) is 0 Å². The number of aryl methyl sites for hydroxylation is 1. The van der Waals surface area contributed by atoms with E-state index in [1.165, 1.54) is 10.7 Å². The Morgan fingerprint density at radius 2 is 1.86 bits per heavy atom. The molecule has 2 fully saturated rings. The van der Waals surface area contributed by atoms with Crippen molar-refractivity contribution in [3.63, 3.8) is 0 Å². The molecule has 0 aromatic heterocycles. The lowest BCUT2D eigenvalue weighted by molar-refractivity contribution is -0.122. The molecule has 1 spiro atoms. The van der Waals surface area contributed by atoms with Crippen molar-refractivity contribution in [1.29, 1.82) is 0 Å². The van der Waals surface area contributed by atoms with Crippen LogP contribution < -0.4 is 14.8 Å². The summed E-state index contributed by atoms with van der Waals surface area (Å²) in [7, 11) is -2.08. The Labute approximate surface area is 219 Å². The Kier molecular flexibility index (Phi) is 7.74. The van der Waals surface area contributed by atoms with E-state index in [2.05, 4.69) is 5.32 Å². The minimum absolute atomic E-state index is 0.0730. The van der Waals surface area contributed by atoms with Gasteiger partial charge in [0.1, 0.15) is 17.1 Å². The molecule has 5 rings (SSSR count). The molecule has 2 heterocycles. The smallest absolute Gasteiger partial charge is 0.243 e. The van der Waals surface area contributed by atoms with Crippen molar-refractivity contribution in [2.24, 2.45) is 0 Å². The molecule has 0 bridgehead atoms. The van der Waals surface area contributed by atoms with Crippen molar-refractivity contribution >= 4 is 15.9 Å². The Bertz CT molecular complexity index is 1220. The van der Waals surface area contributed by atoms with Gasteiger partial charge in [-0.05, 0) is 61.9 Å². The molecule has 9 heteroatoms. The van der Waals surface area contributed by atoms with Gasteiger partial charge >= 0.3 is 0 Å². The van der Waals surface area contributed by atoms with Gasteiger partial charge in [0.05, 0.1) is 31.3 Å². The van der Waals surface area contributed by atoms with Gasteiger partial charge in [0, 0.05) is 31.5 Å². The van der Waals surface area contributed by atoms with Gasteiger partial charge in [-0.2, -0.15) is 4.31 Å². The summed E-state index contributed by atoms with van der Waals surface area (Å²) >= 11 is 0. The van der Waals surface area contributed by atoms with Crippen LogP contribution >= 0.6 is 0 Å². The Morgan fingerprint density at radius 3 is 2.62 bits per heavy atom. The van der Waals surface area contributed by atoms with Gasteiger partial charge in [-0.3, -0.25) is 4.79 Å². The molecule has 1 saturated carbocycles. The van der Waals surface area contributed by atoms with E-state index in [4.69, 9.17) is 14.2 Å². The topological polar surface area (TPSA) is 94.2 Å². The quantitative estimate of drug-likeness (QED) is 0.584. The van der Waals surface area contributed by atoms with Crippen LogP contribution in [0.2, 0.25) is 0 Å². The van der Waals surface area contributed by atoms with Crippen LogP contribution in [0.5, 0.6) is 11.5 Å². The molecule has 1 aliphatic carbocycles. The number of para-hydroxylation sites is 1. The molecule has 3 aliphatic rings. The molecule has 1 amide bonds. The first kappa shape index (κ1) is 26.0. The van der Waals surface area contributed by atoms with Crippen molar-refractivity contribution in [2.75, 3.05) is 33.4 Å². The van der Waals surface area contributed by atoms with Gasteiger partial charge < -0.3 is 19.5 Å². The van der Waals surface area contributed by atoms with Crippen molar-refractivity contribution in [1.82, 2.24) is 9.62 Å². The normalized spacial score (nSPS) is 21.6. The zero-order valence-electron chi connectivity index (χ0n) is 21.4. The number of amides is 1. The van der Waals surface area contributed by atoms with Gasteiger partial charge in [-0.15, -0.1) is 0 Å². The van der Waals surface area contributed by atoms with E-state index < -0.39 is 10.0 Å². The highest BCUT2D eigenvalue weighted by Crippen LogP contribution is 2.46. The maximum Gasteiger partial charge on any atom is 0.243 e. The van der Waals surface area contributed by atoms with E-state index in [1.807, 2.05) is 24.3 Å². The largest absolute Gasteiger partial charge is 0.496 e. The molecule has 200 valence electrons. The minimum atomic E-state index is -3.64. The zero-order valence-corrected chi connectivity index (χ0v) is 22.2. The van der Waals surface area contributed by atoms with Crippen molar-refractivity contribution < 1.29 is 27.4 Å². The van der Waals surface area contributed by atoms with E-state index >= 15 is 0 Å². The Morgan fingerprint density at radius 1 is 1.11 bits per heavy atom. The predicted molar refractivity (Wildman–Crippen MR) is 139 cm³/mol. The van der Waals surface area contributed by atoms with Crippen molar-refractivity contribution in [3.8, 4) is 11.5 Å². The number of hydrogen-bond donors (Lipinski definition) is 1. The number of carbonyl (C=O) groups excluding carboxylic acids is 1. The molecule has 0 radical (unpaired) electrons. The predicted octanol–water partition coefficient (Wildman–Crippen LogP) is 3.99. The number of benzene rings is 2. The summed E-state index contributed by atoms with van der Waals surface area (Å²) in [5.41, 5.74) is 1.50. The number of sulfonamides is 1. The number of fused-ring (bicyclic) bond motifs is 1. The second kappa shape index (κ2) is 11.0. The molecule has 1 atom stereocenters. The van der Waals surface area contributed by atoms with Gasteiger partial charge in [-0.1, -0.05) is 24.6 Å². The van der Waals surface area contributed by atoms with E-state index in [1.54, 1.807) is 25.3 Å². The lowest BCUT2D eigenvalue weighted by Crippen LogP contribution is -2.46. The molecule has 37 heavy (non-hydrogen) atoms. The summed E-state index contributed by atoms with van der Waals surface area (Å²) in [6, 6.07) is 12.7. The molecule has 1 N–H and O–H groups in total. The number of morpholine rings is 1. The molecule has 2 aromatic rings. The third-order valence-corrected chi connectivity index (χ3v) is 9.67. The van der Waals surface area contributed by atoms with Gasteiger partial charge in [0.25, 0.3) is 0 Å². The second-order valence-electron chi connectivity index (χ2n) is 10.2. The van der Waals surface area contributed by atoms with E-state index in [9.17, 15) is 13.2 Å². The summed E-state index contributed by atoms with van der Waals surface area (Å²) < 4.78 is 45.0. The summed E-state index contributed by atoms with van der Waals surface area (Å²) in [5, 5.41) is 3.25. The zero-order chi connectivity index (χ0) is 25.9. The number of carbonyl (C=O) groups is 1. The van der Waals surface area contributed by atoms with E-state index in [0.29, 0.717) is 44.0 Å². The number of ether oxygens (including phenoxy) is 3. The molecule has 1 unspecified atom stereocenters. The fourth-order valence-corrected chi connectivity index (χ4v) is 7.27. The van der Waals surface area contributed by atoms with Gasteiger partial charge in [0.2, 0.25) is 15.9 Å². The second-order valence-corrected chi connectivity index (χ2v) is 12.1. The summed E-state index contributed by atoms with van der Waals surface area (Å²) in [6.07, 6.45) is 6.91. The number of nitrogens with one attached hydrogen (secondary N) is 1. The van der Waals surface area contributed by atoms with Crippen molar-refractivity contribution in [2.45, 2.75) is 67.9 Å². The molecular formula is C28H36N2O6S. The van der Waals surface area contributed by atoms with Crippen LogP contribution in [0.1, 0.15) is 62.1 Å². The third kappa shape index (κ3) is 5.63. The molecule has 1 saturated heterocycles. The monoisotopic (exact) mass is 528 g/mol. The van der Waals surface area contributed by atoms with E-state index in [-0.39, 0.29) is 28.9 Å². The number of nitrogens with zero attached hydrogens (tertiary/aromatic N) is 1. The molecule has 8 nitrogen and oxygen atoms in total. The lowest BCUT2D eigenvalue weighted by atomic mass is 9.77. The van der Waals surface area contributed by atoms with Crippen LogP contribution in [0.15, 0.2) is 47.4 Å². The molecule has 2 aromatic carbocycles. The SMILES string of the molecule is COc1ccc(S(=O)(=O)N2CCOCC2)cc1CCC(=O)NC1CC2(CCCCC2)Oc2ccccc21. The number of methoxy groups -OCH3 is 1. The van der Waals surface area contributed by atoms with Gasteiger partial charge in [-0.25, -0.2) is 8.42 Å². The summed E-state index contributed by atoms with van der Waals surface area (Å²) in [6.45, 7) is 1.44. The number of rotatable bonds is 7. The lowest BCUT2D eigenvalue weighted by Gasteiger charge is -2.44. The summed E-state index contributed by atoms with van der Waals surface area (Å²) in [5.74, 6) is 1.37. The van der Waals surface area contributed by atoms with Gasteiger partial charge in [0.15, 0.2) is 0 Å². The van der Waals surface area contributed by atoms with Crippen LogP contribution in [0.4, 0.5) is 0 Å². The third-order valence-electron chi connectivity index (χ3n) is 7.78. The van der Waals surface area contributed by atoms with Crippen LogP contribution in [-0.4, -0.2) is 57.6 Å². The first-order valence-electron chi connectivity index (χ1n) is 13.2. The highest BCUT2D eigenvalue weighted by molar-refractivity contribution is 7.89. The van der Waals surface area contributed by atoms with Crippen molar-refractivity contribution in [3.05, 3.63) is 53.6 Å². The highest BCUT2D eigenvalue weighted by Gasteiger charge is 2.42. The Hall–Kier alpha value is -2.62. The maximum absolute atomic E-state index is 13.2. The average molecular weight is 529 g/mol. The first-order chi connectivity index (χ1) is 17.9. The average Bonchev–Trinajstić information content (AvgIpc) is 2.92. The fraction of sp³-hybridized carbons (Fsp3) is 0.536. The minimum Gasteiger partial charge on any atom is -0.496 e. The van der Waals surface area contributed by atoms with Crippen LogP contribution in [0, 0.1) is 0 Å². The Balaban J connectivity index is 1.29. The number of hydrogen-bond acceptors (Lipinski definition) is 6. The fourth-order valence-electron chi connectivity index (χ4n) is 5.81. The van der Waals surface area contributed by atoms with Crippen LogP contribution in [0.25, 0.3) is 0 Å².